The summed E-state index contributed by atoms with van der Waals surface area (Å²) in [4.78, 5) is 15.0. The number of halogens is 2. The lowest BCUT2D eigenvalue weighted by atomic mass is 10.00. The minimum atomic E-state index is -1.10. The molecule has 4 rings (SSSR count). The van der Waals surface area contributed by atoms with Crippen molar-refractivity contribution in [3.8, 4) is 16.9 Å². The van der Waals surface area contributed by atoms with Crippen LogP contribution < -0.4 is 10.5 Å². The fourth-order valence-electron chi connectivity index (χ4n) is 3.42. The van der Waals surface area contributed by atoms with E-state index >= 15 is 0 Å². The average molecular weight is 424 g/mol. The second-order valence-corrected chi connectivity index (χ2v) is 6.92. The summed E-state index contributed by atoms with van der Waals surface area (Å²) >= 11 is 0. The predicted octanol–water partition coefficient (Wildman–Crippen LogP) is 4.44. The molecule has 0 amide bonds. The maximum Gasteiger partial charge on any atom is 0.307 e. The molecule has 0 radical (unpaired) electrons. The van der Waals surface area contributed by atoms with Gasteiger partial charge in [-0.15, -0.1) is 0 Å². The van der Waals surface area contributed by atoms with Crippen LogP contribution in [0.3, 0.4) is 0 Å². The average Bonchev–Trinajstić information content (AvgIpc) is 3.21. The lowest BCUT2D eigenvalue weighted by Gasteiger charge is -2.13. The molecule has 0 unspecified atom stereocenters. The minimum absolute atomic E-state index is 0.0410. The Hall–Kier alpha value is -3.78. The van der Waals surface area contributed by atoms with Crippen molar-refractivity contribution in [3.05, 3.63) is 83.4 Å². The fourth-order valence-corrected chi connectivity index (χ4v) is 3.42. The molecule has 0 aliphatic heterocycles. The van der Waals surface area contributed by atoms with Crippen LogP contribution in [-0.4, -0.2) is 16.1 Å². The number of fused-ring (bicyclic) bond motifs is 1. The van der Waals surface area contributed by atoms with E-state index in [0.29, 0.717) is 22.3 Å². The molecule has 158 valence electrons. The van der Waals surface area contributed by atoms with Crippen molar-refractivity contribution in [2.75, 3.05) is 0 Å². The topological polar surface area (TPSA) is 98.6 Å². The van der Waals surface area contributed by atoms with Crippen LogP contribution in [0.15, 0.2) is 59.3 Å². The molecule has 2 heterocycles. The highest BCUT2D eigenvalue weighted by molar-refractivity contribution is 5.93. The minimum Gasteiger partial charge on any atom is -0.489 e. The smallest absolute Gasteiger partial charge is 0.307 e. The molecule has 31 heavy (non-hydrogen) atoms. The van der Waals surface area contributed by atoms with Crippen molar-refractivity contribution in [2.45, 2.75) is 19.6 Å². The number of rotatable bonds is 7. The van der Waals surface area contributed by atoms with E-state index < -0.39 is 17.6 Å². The Balaban J connectivity index is 1.70. The predicted molar refractivity (Wildman–Crippen MR) is 109 cm³/mol. The molecule has 0 aliphatic rings. The van der Waals surface area contributed by atoms with Crippen molar-refractivity contribution in [2.24, 2.45) is 5.73 Å². The number of pyridine rings is 1. The summed E-state index contributed by atoms with van der Waals surface area (Å²) in [5, 5.41) is 9.80. The lowest BCUT2D eigenvalue weighted by Crippen LogP contribution is -2.05. The van der Waals surface area contributed by atoms with Crippen molar-refractivity contribution in [3.63, 3.8) is 0 Å². The van der Waals surface area contributed by atoms with Crippen LogP contribution in [0.5, 0.6) is 5.75 Å². The van der Waals surface area contributed by atoms with Gasteiger partial charge in [-0.1, -0.05) is 0 Å². The summed E-state index contributed by atoms with van der Waals surface area (Å²) in [5.41, 5.74) is 7.96. The van der Waals surface area contributed by atoms with Gasteiger partial charge in [0.25, 0.3) is 0 Å². The van der Waals surface area contributed by atoms with Gasteiger partial charge in [0.05, 0.1) is 18.4 Å². The summed E-state index contributed by atoms with van der Waals surface area (Å²) in [5.74, 6) is -1.91. The van der Waals surface area contributed by atoms with E-state index in [2.05, 4.69) is 4.98 Å². The first-order valence-electron chi connectivity index (χ1n) is 9.43. The zero-order valence-electron chi connectivity index (χ0n) is 16.3. The van der Waals surface area contributed by atoms with E-state index in [-0.39, 0.29) is 36.6 Å². The number of carbonyl (C=O) groups is 1. The summed E-state index contributed by atoms with van der Waals surface area (Å²) in [6.45, 7) is 0.0174. The van der Waals surface area contributed by atoms with Crippen LogP contribution in [0.1, 0.15) is 16.8 Å². The van der Waals surface area contributed by atoms with Crippen LogP contribution in [0.2, 0.25) is 0 Å². The Morgan fingerprint density at radius 1 is 1.13 bits per heavy atom. The lowest BCUT2D eigenvalue weighted by molar-refractivity contribution is -0.136. The van der Waals surface area contributed by atoms with Crippen LogP contribution in [0.4, 0.5) is 8.78 Å². The van der Waals surface area contributed by atoms with Gasteiger partial charge in [0.15, 0.2) is 5.82 Å². The monoisotopic (exact) mass is 424 g/mol. The largest absolute Gasteiger partial charge is 0.489 e. The molecule has 0 atom stereocenters. The Morgan fingerprint density at radius 2 is 1.97 bits per heavy atom. The molecule has 6 nitrogen and oxygen atoms in total. The Kier molecular flexibility index (Phi) is 5.64. The number of aliphatic carboxylic acids is 1. The molecule has 2 aromatic carbocycles. The van der Waals surface area contributed by atoms with E-state index in [1.807, 2.05) is 6.07 Å². The van der Waals surface area contributed by atoms with E-state index in [4.69, 9.17) is 20.0 Å². The Bertz CT molecular complexity index is 1270. The summed E-state index contributed by atoms with van der Waals surface area (Å²) < 4.78 is 39.8. The number of furan rings is 1. The number of nitrogens with zero attached hydrogens (tertiary/aromatic N) is 1. The van der Waals surface area contributed by atoms with Gasteiger partial charge in [-0.3, -0.25) is 9.78 Å². The molecule has 0 fully saturated rings. The van der Waals surface area contributed by atoms with Crippen molar-refractivity contribution in [1.82, 2.24) is 4.98 Å². The second kappa shape index (κ2) is 8.53. The van der Waals surface area contributed by atoms with Gasteiger partial charge in [-0.05, 0) is 48.0 Å². The highest BCUT2D eigenvalue weighted by Gasteiger charge is 2.17. The zero-order valence-corrected chi connectivity index (χ0v) is 16.3. The molecule has 0 bridgehead atoms. The summed E-state index contributed by atoms with van der Waals surface area (Å²) in [7, 11) is 0. The van der Waals surface area contributed by atoms with Crippen LogP contribution >= 0.6 is 0 Å². The van der Waals surface area contributed by atoms with E-state index in [1.165, 1.54) is 24.6 Å². The van der Waals surface area contributed by atoms with Gasteiger partial charge in [-0.25, -0.2) is 8.78 Å². The third kappa shape index (κ3) is 4.24. The first-order chi connectivity index (χ1) is 15.0. The van der Waals surface area contributed by atoms with Gasteiger partial charge in [0.1, 0.15) is 23.8 Å². The standard InChI is InChI=1S/C23H18F2N2O4/c24-16-1-2-20(15(9-16)10-21(28)29)31-12-13-7-14-4-6-30-23(14)18(8-13)17-3-5-27-19(11-26)22(17)25/h1-9H,10-12,26H2,(H,28,29). The number of aromatic nitrogens is 1. The maximum atomic E-state index is 14.9. The van der Waals surface area contributed by atoms with Gasteiger partial charge in [-0.2, -0.15) is 0 Å². The van der Waals surface area contributed by atoms with Gasteiger partial charge in [0, 0.05) is 34.8 Å². The number of ether oxygens (including phenoxy) is 1. The van der Waals surface area contributed by atoms with E-state index in [0.717, 1.165) is 11.5 Å². The Labute approximate surface area is 175 Å². The summed E-state index contributed by atoms with van der Waals surface area (Å²) in [6.07, 6.45) is 2.62. The number of nitrogens with two attached hydrogens (primary N) is 1. The number of carboxylic acid groups (broad SMARTS) is 1. The third-order valence-corrected chi connectivity index (χ3v) is 4.81. The number of carboxylic acids is 1. The van der Waals surface area contributed by atoms with Crippen LogP contribution in [-0.2, 0) is 24.4 Å². The first kappa shape index (κ1) is 20.5. The van der Waals surface area contributed by atoms with E-state index in [9.17, 15) is 13.6 Å². The normalized spacial score (nSPS) is 11.1. The molecule has 0 aliphatic carbocycles. The maximum absolute atomic E-state index is 14.9. The molecular weight excluding hydrogens is 406 g/mol. The molecule has 8 heteroatoms. The number of benzene rings is 2. The summed E-state index contributed by atoms with van der Waals surface area (Å²) in [6, 6.07) is 10.6. The SMILES string of the molecule is NCc1nccc(-c2cc(COc3ccc(F)cc3CC(=O)O)cc3ccoc23)c1F. The molecule has 0 saturated heterocycles. The Morgan fingerprint density at radius 3 is 2.74 bits per heavy atom. The van der Waals surface area contributed by atoms with Gasteiger partial charge >= 0.3 is 5.97 Å². The van der Waals surface area contributed by atoms with Gasteiger partial charge in [0.2, 0.25) is 0 Å². The number of hydrogen-bond donors (Lipinski definition) is 2. The van der Waals surface area contributed by atoms with Crippen molar-refractivity contribution < 1.29 is 27.8 Å². The zero-order chi connectivity index (χ0) is 22.0. The van der Waals surface area contributed by atoms with Crippen LogP contribution in [0.25, 0.3) is 22.1 Å². The molecule has 0 saturated carbocycles. The quantitative estimate of drug-likeness (QED) is 0.455. The molecule has 3 N–H and O–H groups in total. The first-order valence-corrected chi connectivity index (χ1v) is 9.43. The third-order valence-electron chi connectivity index (χ3n) is 4.81. The molecular formula is C23H18F2N2O4. The van der Waals surface area contributed by atoms with E-state index in [1.54, 1.807) is 18.2 Å². The van der Waals surface area contributed by atoms with Crippen molar-refractivity contribution >= 4 is 16.9 Å². The fraction of sp³-hybridized carbons (Fsp3) is 0.130. The highest BCUT2D eigenvalue weighted by atomic mass is 19.1. The number of hydrogen-bond acceptors (Lipinski definition) is 5. The van der Waals surface area contributed by atoms with Crippen molar-refractivity contribution in [1.29, 1.82) is 0 Å². The molecule has 0 spiro atoms. The second-order valence-electron chi connectivity index (χ2n) is 6.92. The molecule has 4 aromatic rings. The molecule has 2 aromatic heterocycles. The van der Waals surface area contributed by atoms with Gasteiger partial charge < -0.3 is 20.0 Å². The van der Waals surface area contributed by atoms with Crippen LogP contribution in [0, 0.1) is 11.6 Å². The highest BCUT2D eigenvalue weighted by Crippen LogP contribution is 2.33.